The molecule has 0 aromatic heterocycles. The number of nitrogens with zero attached hydrogens (tertiary/aromatic N) is 2. The first-order valence-corrected chi connectivity index (χ1v) is 5.75. The van der Waals surface area contributed by atoms with E-state index in [1.165, 1.54) is 0 Å². The predicted octanol–water partition coefficient (Wildman–Crippen LogP) is 2.84. The molecule has 1 aliphatic rings. The Hall–Kier alpha value is -0.990. The first kappa shape index (κ1) is 12.1. The van der Waals surface area contributed by atoms with Crippen molar-refractivity contribution >= 4 is 6.03 Å². The lowest BCUT2D eigenvalue weighted by Crippen LogP contribution is -2.41. The quantitative estimate of drug-likeness (QED) is 0.700. The molecule has 3 heteroatoms. The highest BCUT2D eigenvalue weighted by atomic mass is 16.2. The minimum Gasteiger partial charge on any atom is -0.314 e. The fourth-order valence-corrected chi connectivity index (χ4v) is 2.06. The largest absolute Gasteiger partial charge is 0.325 e. The summed E-state index contributed by atoms with van der Waals surface area (Å²) in [6, 6.07) is 0.112. The van der Waals surface area contributed by atoms with Crippen LogP contribution in [0.5, 0.6) is 0 Å². The summed E-state index contributed by atoms with van der Waals surface area (Å²) < 4.78 is 0. The molecule has 86 valence electrons. The maximum Gasteiger partial charge on any atom is 0.325 e. The Labute approximate surface area is 92.7 Å². The molecule has 0 aliphatic carbocycles. The van der Waals surface area contributed by atoms with Crippen LogP contribution >= 0.6 is 0 Å². The number of unbranched alkanes of at least 4 members (excludes halogenated alkanes) is 1. The molecular formula is C12H22N2O. The number of carbonyl (C=O) groups excluding carboxylic acids is 1. The molecular weight excluding hydrogens is 188 g/mol. The fraction of sp³-hybridized carbons (Fsp3) is 0.750. The molecule has 0 atom stereocenters. The van der Waals surface area contributed by atoms with Gasteiger partial charge in [0.1, 0.15) is 0 Å². The molecule has 15 heavy (non-hydrogen) atoms. The van der Waals surface area contributed by atoms with Crippen LogP contribution < -0.4 is 0 Å². The zero-order chi connectivity index (χ0) is 11.6. The smallest absolute Gasteiger partial charge is 0.314 e. The molecule has 0 radical (unpaired) electrons. The molecule has 0 N–H and O–H groups in total. The van der Waals surface area contributed by atoms with Crippen molar-refractivity contribution in [1.82, 2.24) is 9.80 Å². The van der Waals surface area contributed by atoms with Crippen LogP contribution in [0.4, 0.5) is 4.79 Å². The number of likely N-dealkylation sites (N-methyl/N-ethyl adjacent to an activating group) is 1. The first-order valence-electron chi connectivity index (χ1n) is 5.75. The van der Waals surface area contributed by atoms with Gasteiger partial charge in [0.25, 0.3) is 0 Å². The maximum absolute atomic E-state index is 12.1. The molecule has 0 unspecified atom stereocenters. The summed E-state index contributed by atoms with van der Waals surface area (Å²) in [5.41, 5.74) is 0.711. The Morgan fingerprint density at radius 1 is 1.33 bits per heavy atom. The van der Waals surface area contributed by atoms with Crippen molar-refractivity contribution in [1.29, 1.82) is 0 Å². The van der Waals surface area contributed by atoms with Gasteiger partial charge in [0.05, 0.1) is 5.54 Å². The zero-order valence-corrected chi connectivity index (χ0v) is 10.3. The minimum absolute atomic E-state index is 0.112. The zero-order valence-electron chi connectivity index (χ0n) is 10.3. The Balaban J connectivity index is 2.85. The van der Waals surface area contributed by atoms with E-state index in [1.54, 1.807) is 0 Å². The van der Waals surface area contributed by atoms with Crippen molar-refractivity contribution in [2.45, 2.75) is 46.1 Å². The van der Waals surface area contributed by atoms with Crippen LogP contribution in [0, 0.1) is 0 Å². The number of hydrogen-bond donors (Lipinski definition) is 0. The number of urea groups is 1. The second-order valence-electron chi connectivity index (χ2n) is 4.54. The predicted molar refractivity (Wildman–Crippen MR) is 62.6 cm³/mol. The molecule has 1 saturated heterocycles. The molecule has 1 heterocycles. The highest BCUT2D eigenvalue weighted by molar-refractivity contribution is 5.81. The average Bonchev–Trinajstić information content (AvgIpc) is 2.33. The van der Waals surface area contributed by atoms with E-state index in [1.807, 2.05) is 16.7 Å². The standard InChI is InChI=1S/C12H22N2O/c1-6-8-9-13-10(3)12(4,5)14(7-2)11(13)15/h3,6-9H2,1-2,4-5H3. The third-order valence-electron chi connectivity index (χ3n) is 3.22. The van der Waals surface area contributed by atoms with E-state index in [2.05, 4.69) is 27.4 Å². The van der Waals surface area contributed by atoms with Gasteiger partial charge in [0.2, 0.25) is 0 Å². The third kappa shape index (κ3) is 1.87. The van der Waals surface area contributed by atoms with E-state index in [0.29, 0.717) is 0 Å². The van der Waals surface area contributed by atoms with Crippen LogP contribution in [0.15, 0.2) is 12.3 Å². The molecule has 0 aromatic rings. The van der Waals surface area contributed by atoms with Crippen LogP contribution in [0.25, 0.3) is 0 Å². The van der Waals surface area contributed by atoms with Gasteiger partial charge >= 0.3 is 6.03 Å². The van der Waals surface area contributed by atoms with Crippen LogP contribution in [0.2, 0.25) is 0 Å². The van der Waals surface area contributed by atoms with Crippen LogP contribution in [0.1, 0.15) is 40.5 Å². The van der Waals surface area contributed by atoms with E-state index in [4.69, 9.17) is 0 Å². The van der Waals surface area contributed by atoms with Gasteiger partial charge in [-0.1, -0.05) is 19.9 Å². The van der Waals surface area contributed by atoms with Gasteiger partial charge in [-0.3, -0.25) is 4.90 Å². The summed E-state index contributed by atoms with van der Waals surface area (Å²) >= 11 is 0. The molecule has 1 rings (SSSR count). The number of hydrogen-bond acceptors (Lipinski definition) is 1. The number of carbonyl (C=O) groups is 1. The topological polar surface area (TPSA) is 23.6 Å². The number of amides is 2. The highest BCUT2D eigenvalue weighted by Crippen LogP contribution is 2.34. The lowest BCUT2D eigenvalue weighted by atomic mass is 10.0. The van der Waals surface area contributed by atoms with E-state index >= 15 is 0 Å². The van der Waals surface area contributed by atoms with Crippen molar-refractivity contribution in [3.05, 3.63) is 12.3 Å². The lowest BCUT2D eigenvalue weighted by Gasteiger charge is -2.28. The summed E-state index contributed by atoms with van der Waals surface area (Å²) in [6.07, 6.45) is 2.14. The summed E-state index contributed by atoms with van der Waals surface area (Å²) in [7, 11) is 0. The van der Waals surface area contributed by atoms with Gasteiger partial charge in [-0.2, -0.15) is 0 Å². The monoisotopic (exact) mass is 210 g/mol. The third-order valence-corrected chi connectivity index (χ3v) is 3.22. The fourth-order valence-electron chi connectivity index (χ4n) is 2.06. The van der Waals surface area contributed by atoms with Crippen LogP contribution in [0.3, 0.4) is 0 Å². The molecule has 2 amide bonds. The molecule has 0 spiro atoms. The summed E-state index contributed by atoms with van der Waals surface area (Å²) in [5, 5.41) is 0. The Morgan fingerprint density at radius 2 is 1.93 bits per heavy atom. The highest BCUT2D eigenvalue weighted by Gasteiger charge is 2.45. The van der Waals surface area contributed by atoms with E-state index in [0.717, 1.165) is 31.6 Å². The van der Waals surface area contributed by atoms with Crippen molar-refractivity contribution in [2.24, 2.45) is 0 Å². The van der Waals surface area contributed by atoms with Crippen LogP contribution in [-0.2, 0) is 0 Å². The summed E-state index contributed by atoms with van der Waals surface area (Å²) in [6.45, 7) is 13.9. The maximum atomic E-state index is 12.1. The van der Waals surface area contributed by atoms with E-state index < -0.39 is 0 Å². The van der Waals surface area contributed by atoms with Gasteiger partial charge in [0, 0.05) is 18.8 Å². The van der Waals surface area contributed by atoms with Gasteiger partial charge in [0.15, 0.2) is 0 Å². The summed E-state index contributed by atoms with van der Waals surface area (Å²) in [5.74, 6) is 0. The number of rotatable bonds is 4. The van der Waals surface area contributed by atoms with E-state index in [-0.39, 0.29) is 11.6 Å². The SMILES string of the molecule is C=C1N(CCCC)C(=O)N(CC)C1(C)C. The van der Waals surface area contributed by atoms with E-state index in [9.17, 15) is 4.79 Å². The Morgan fingerprint density at radius 3 is 2.33 bits per heavy atom. The molecule has 0 bridgehead atoms. The average molecular weight is 210 g/mol. The second kappa shape index (κ2) is 4.25. The Kier molecular flexibility index (Phi) is 3.42. The second-order valence-corrected chi connectivity index (χ2v) is 4.54. The van der Waals surface area contributed by atoms with Crippen molar-refractivity contribution in [3.63, 3.8) is 0 Å². The van der Waals surface area contributed by atoms with Crippen molar-refractivity contribution in [2.75, 3.05) is 13.1 Å². The molecule has 1 aliphatic heterocycles. The summed E-state index contributed by atoms with van der Waals surface area (Å²) in [4.78, 5) is 15.8. The van der Waals surface area contributed by atoms with Gasteiger partial charge in [-0.25, -0.2) is 4.79 Å². The molecule has 1 fully saturated rings. The molecule has 3 nitrogen and oxygen atoms in total. The Bertz CT molecular complexity index is 271. The molecule has 0 saturated carbocycles. The minimum atomic E-state index is -0.223. The van der Waals surface area contributed by atoms with Gasteiger partial charge in [-0.15, -0.1) is 0 Å². The first-order chi connectivity index (χ1) is 6.96. The van der Waals surface area contributed by atoms with Crippen molar-refractivity contribution < 1.29 is 4.79 Å². The van der Waals surface area contributed by atoms with Gasteiger partial charge in [-0.05, 0) is 27.2 Å². The van der Waals surface area contributed by atoms with Crippen molar-refractivity contribution in [3.8, 4) is 0 Å². The normalized spacial score (nSPS) is 20.3. The van der Waals surface area contributed by atoms with Crippen LogP contribution in [-0.4, -0.2) is 34.5 Å². The molecule has 0 aromatic carbocycles. The van der Waals surface area contributed by atoms with Gasteiger partial charge < -0.3 is 4.90 Å². The lowest BCUT2D eigenvalue weighted by molar-refractivity contribution is 0.175.